The van der Waals surface area contributed by atoms with Gasteiger partial charge in [-0.25, -0.2) is 4.39 Å². The van der Waals surface area contributed by atoms with E-state index in [1.165, 1.54) is 12.1 Å². The minimum Gasteiger partial charge on any atom is -0.353 e. The molecule has 0 fully saturated rings. The fourth-order valence-corrected chi connectivity index (χ4v) is 1.91. The second kappa shape index (κ2) is 3.86. The van der Waals surface area contributed by atoms with Crippen LogP contribution in [-0.2, 0) is 0 Å². The van der Waals surface area contributed by atoms with Crippen LogP contribution in [0.15, 0.2) is 41.4 Å². The molecule has 17 heavy (non-hydrogen) atoms. The Kier molecular flexibility index (Phi) is 2.34. The Labute approximate surface area is 103 Å². The normalized spacial score (nSPS) is 12.4. The summed E-state index contributed by atoms with van der Waals surface area (Å²) < 4.78 is 13.4. The molecule has 0 saturated carbocycles. The number of nitrogens with zero attached hydrogens (tertiary/aromatic N) is 1. The summed E-state index contributed by atoms with van der Waals surface area (Å²) in [5.74, 6) is -0.451. The van der Waals surface area contributed by atoms with E-state index in [4.69, 9.17) is 11.6 Å². The van der Waals surface area contributed by atoms with Gasteiger partial charge in [0.25, 0.3) is 0 Å². The molecule has 0 radical (unpaired) electrons. The first-order chi connectivity index (χ1) is 8.24. The van der Waals surface area contributed by atoms with Crippen LogP contribution >= 0.6 is 11.6 Å². The predicted molar refractivity (Wildman–Crippen MR) is 68.4 cm³/mol. The number of aliphatic imine (C=N–C) groups is 1. The number of benzene rings is 2. The highest BCUT2D eigenvalue weighted by atomic mass is 35.5. The second-order valence-electron chi connectivity index (χ2n) is 3.75. The lowest BCUT2D eigenvalue weighted by atomic mass is 10.2. The zero-order valence-corrected chi connectivity index (χ0v) is 9.50. The summed E-state index contributed by atoms with van der Waals surface area (Å²) in [4.78, 5) is 4.29. The number of nitrogens with one attached hydrogen (secondary N) is 1. The summed E-state index contributed by atoms with van der Waals surface area (Å²) in [6.45, 7) is 0. The Morgan fingerprint density at radius 2 is 1.94 bits per heavy atom. The maximum atomic E-state index is 13.4. The molecule has 0 aromatic heterocycles. The first kappa shape index (κ1) is 10.3. The van der Waals surface area contributed by atoms with E-state index < -0.39 is 5.82 Å². The molecule has 0 unspecified atom stereocenters. The molecule has 1 heterocycles. The molecule has 2 nitrogen and oxygen atoms in total. The molecule has 4 heteroatoms. The molecular formula is C13H8ClFN2. The van der Waals surface area contributed by atoms with Gasteiger partial charge in [-0.2, -0.15) is 0 Å². The van der Waals surface area contributed by atoms with Crippen LogP contribution in [0.1, 0.15) is 5.56 Å². The molecule has 0 spiro atoms. The number of fused-ring (bicyclic) bond motifs is 2. The van der Waals surface area contributed by atoms with E-state index in [1.807, 2.05) is 24.3 Å². The second-order valence-corrected chi connectivity index (χ2v) is 4.16. The zero-order valence-electron chi connectivity index (χ0n) is 8.74. The van der Waals surface area contributed by atoms with Crippen LogP contribution in [0.5, 0.6) is 0 Å². The summed E-state index contributed by atoms with van der Waals surface area (Å²) in [5, 5.41) is 3.22. The number of anilines is 2. The summed E-state index contributed by atoms with van der Waals surface area (Å²) in [6.07, 6.45) is 1.74. The van der Waals surface area contributed by atoms with Crippen LogP contribution in [-0.4, -0.2) is 6.21 Å². The number of para-hydroxylation sites is 1. The Morgan fingerprint density at radius 1 is 1.12 bits per heavy atom. The molecule has 1 aliphatic heterocycles. The minimum absolute atomic E-state index is 0.0775. The van der Waals surface area contributed by atoms with Gasteiger partial charge < -0.3 is 5.32 Å². The standard InChI is InChI=1S/C13H8ClFN2/c14-9-5-12-13(6-10(9)15)17-11-4-2-1-3-8(11)7-16-12/h1-7,17H. The van der Waals surface area contributed by atoms with Gasteiger partial charge in [-0.15, -0.1) is 0 Å². The Morgan fingerprint density at radius 3 is 2.82 bits per heavy atom. The molecular weight excluding hydrogens is 239 g/mol. The lowest BCUT2D eigenvalue weighted by molar-refractivity contribution is 0.629. The van der Waals surface area contributed by atoms with Crippen LogP contribution < -0.4 is 5.32 Å². The van der Waals surface area contributed by atoms with Gasteiger partial charge in [-0.1, -0.05) is 29.8 Å². The third-order valence-electron chi connectivity index (χ3n) is 2.61. The molecule has 1 N–H and O–H groups in total. The zero-order chi connectivity index (χ0) is 11.8. The number of hydrogen-bond donors (Lipinski definition) is 1. The van der Waals surface area contributed by atoms with Crippen LogP contribution in [0, 0.1) is 5.82 Å². The third kappa shape index (κ3) is 1.78. The molecule has 84 valence electrons. The highest BCUT2D eigenvalue weighted by Crippen LogP contribution is 2.35. The van der Waals surface area contributed by atoms with Gasteiger partial charge >= 0.3 is 0 Å². The van der Waals surface area contributed by atoms with Crippen molar-refractivity contribution in [1.29, 1.82) is 0 Å². The summed E-state index contributed by atoms with van der Waals surface area (Å²) >= 11 is 5.73. The molecule has 2 aromatic rings. The number of halogens is 2. The average Bonchev–Trinajstić information content (AvgIpc) is 2.49. The van der Waals surface area contributed by atoms with E-state index in [-0.39, 0.29) is 5.02 Å². The van der Waals surface area contributed by atoms with Crippen molar-refractivity contribution in [3.8, 4) is 0 Å². The molecule has 2 aromatic carbocycles. The van der Waals surface area contributed by atoms with Crippen LogP contribution in [0.4, 0.5) is 21.5 Å². The van der Waals surface area contributed by atoms with Gasteiger partial charge in [-0.3, -0.25) is 4.99 Å². The smallest absolute Gasteiger partial charge is 0.144 e. The largest absolute Gasteiger partial charge is 0.353 e. The van der Waals surface area contributed by atoms with E-state index >= 15 is 0 Å². The fourth-order valence-electron chi connectivity index (χ4n) is 1.75. The van der Waals surface area contributed by atoms with Crippen LogP contribution in [0.3, 0.4) is 0 Å². The Balaban J connectivity index is 2.18. The van der Waals surface area contributed by atoms with E-state index in [0.717, 1.165) is 11.3 Å². The van der Waals surface area contributed by atoms with Gasteiger partial charge in [-0.05, 0) is 12.1 Å². The molecule has 0 saturated heterocycles. The van der Waals surface area contributed by atoms with Crippen molar-refractivity contribution in [1.82, 2.24) is 0 Å². The maximum Gasteiger partial charge on any atom is 0.144 e. The van der Waals surface area contributed by atoms with Crippen LogP contribution in [0.2, 0.25) is 5.02 Å². The summed E-state index contributed by atoms with van der Waals surface area (Å²) in [7, 11) is 0. The van der Waals surface area contributed by atoms with Crippen molar-refractivity contribution < 1.29 is 4.39 Å². The topological polar surface area (TPSA) is 24.4 Å². The SMILES string of the molecule is Fc1cc2c(cc1Cl)N=Cc1ccccc1N2. The van der Waals surface area contributed by atoms with Crippen molar-refractivity contribution >= 4 is 34.9 Å². The molecule has 0 bridgehead atoms. The first-order valence-corrected chi connectivity index (χ1v) is 5.51. The van der Waals surface area contributed by atoms with Gasteiger partial charge in [0.2, 0.25) is 0 Å². The quantitative estimate of drug-likeness (QED) is 0.629. The number of rotatable bonds is 0. The highest BCUT2D eigenvalue weighted by molar-refractivity contribution is 6.31. The van der Waals surface area contributed by atoms with Crippen molar-refractivity contribution in [2.24, 2.45) is 4.99 Å². The lowest BCUT2D eigenvalue weighted by Gasteiger charge is -2.09. The third-order valence-corrected chi connectivity index (χ3v) is 2.90. The van der Waals surface area contributed by atoms with Gasteiger partial charge in [0.05, 0.1) is 16.4 Å². The average molecular weight is 247 g/mol. The minimum atomic E-state index is -0.451. The monoisotopic (exact) mass is 246 g/mol. The van der Waals surface area contributed by atoms with Gasteiger partial charge in [0.15, 0.2) is 0 Å². The van der Waals surface area contributed by atoms with Gasteiger partial charge in [0.1, 0.15) is 5.82 Å². The molecule has 1 aliphatic rings. The van der Waals surface area contributed by atoms with Crippen LogP contribution in [0.25, 0.3) is 0 Å². The van der Waals surface area contributed by atoms with E-state index in [9.17, 15) is 4.39 Å². The molecule has 0 atom stereocenters. The Hall–Kier alpha value is -1.87. The van der Waals surface area contributed by atoms with Crippen molar-refractivity contribution in [2.75, 3.05) is 5.32 Å². The highest BCUT2D eigenvalue weighted by Gasteiger charge is 2.12. The summed E-state index contributed by atoms with van der Waals surface area (Å²) in [6, 6.07) is 10.6. The molecule has 3 rings (SSSR count). The van der Waals surface area contributed by atoms with Gasteiger partial charge in [0, 0.05) is 23.5 Å². The molecule has 0 aliphatic carbocycles. The van der Waals surface area contributed by atoms with E-state index in [1.54, 1.807) is 6.21 Å². The fraction of sp³-hybridized carbons (Fsp3) is 0. The van der Waals surface area contributed by atoms with Crippen molar-refractivity contribution in [3.63, 3.8) is 0 Å². The lowest BCUT2D eigenvalue weighted by Crippen LogP contribution is -1.93. The predicted octanol–water partition coefficient (Wildman–Crippen LogP) is 4.29. The Bertz CT molecular complexity index is 623. The molecule has 0 amide bonds. The summed E-state index contributed by atoms with van der Waals surface area (Å²) in [5.41, 5.74) is 3.11. The van der Waals surface area contributed by atoms with E-state index in [0.29, 0.717) is 11.4 Å². The number of hydrogen-bond acceptors (Lipinski definition) is 2. The van der Waals surface area contributed by atoms with E-state index in [2.05, 4.69) is 10.3 Å². The van der Waals surface area contributed by atoms with Crippen molar-refractivity contribution in [3.05, 3.63) is 52.8 Å². The van der Waals surface area contributed by atoms with Crippen molar-refractivity contribution in [2.45, 2.75) is 0 Å². The maximum absolute atomic E-state index is 13.4. The first-order valence-electron chi connectivity index (χ1n) is 5.13.